The molecule has 1 aromatic carbocycles. The van der Waals surface area contributed by atoms with Gasteiger partial charge in [-0.15, -0.1) is 0 Å². The first-order valence-electron chi connectivity index (χ1n) is 8.51. The maximum absolute atomic E-state index is 11.0. The Labute approximate surface area is 139 Å². The van der Waals surface area contributed by atoms with Gasteiger partial charge in [0, 0.05) is 18.3 Å². The Hall–Kier alpha value is -1.16. The third kappa shape index (κ3) is 5.91. The molecule has 0 radical (unpaired) electrons. The molecule has 4 heteroatoms. The fourth-order valence-corrected chi connectivity index (χ4v) is 3.16. The summed E-state index contributed by atoms with van der Waals surface area (Å²) in [4.78, 5) is 11.0. The van der Waals surface area contributed by atoms with E-state index in [1.807, 2.05) is 0 Å². The molecule has 0 saturated heterocycles. The quantitative estimate of drug-likeness (QED) is 0.478. The normalized spacial score (nSPS) is 16.7. The zero-order valence-corrected chi connectivity index (χ0v) is 14.2. The van der Waals surface area contributed by atoms with Gasteiger partial charge < -0.3 is 10.6 Å². The Kier molecular flexibility index (Phi) is 7.64. The molecular formula is C18H28N2OS. The van der Waals surface area contributed by atoms with Crippen LogP contribution in [-0.2, 0) is 11.2 Å². The van der Waals surface area contributed by atoms with Gasteiger partial charge in [0.15, 0.2) is 0 Å². The predicted octanol–water partition coefficient (Wildman–Crippen LogP) is 3.80. The first-order chi connectivity index (χ1) is 10.8. The van der Waals surface area contributed by atoms with Gasteiger partial charge in [-0.25, -0.2) is 0 Å². The third-order valence-electron chi connectivity index (χ3n) is 4.33. The molecule has 2 rings (SSSR count). The molecule has 1 aliphatic rings. The smallest absolute Gasteiger partial charge is 0.229 e. The lowest BCUT2D eigenvalue weighted by molar-refractivity contribution is -0.118. The highest BCUT2D eigenvalue weighted by Gasteiger charge is 2.16. The van der Waals surface area contributed by atoms with Crippen LogP contribution in [0.1, 0.15) is 50.5 Å². The zero-order valence-electron chi connectivity index (χ0n) is 13.3. The van der Waals surface area contributed by atoms with Crippen molar-refractivity contribution >= 4 is 24.2 Å². The Bertz CT molecular complexity index is 464. The molecule has 3 nitrogen and oxygen atoms in total. The van der Waals surface area contributed by atoms with E-state index < -0.39 is 0 Å². The summed E-state index contributed by atoms with van der Waals surface area (Å²) in [6.07, 6.45) is 9.86. The molecule has 2 N–H and O–H groups in total. The number of para-hydroxylation sites is 1. The maximum atomic E-state index is 11.0. The van der Waals surface area contributed by atoms with Crippen LogP contribution in [-0.4, -0.2) is 24.2 Å². The second-order valence-electron chi connectivity index (χ2n) is 6.10. The Morgan fingerprint density at radius 1 is 1.18 bits per heavy atom. The van der Waals surface area contributed by atoms with Crippen LogP contribution in [0.5, 0.6) is 0 Å². The van der Waals surface area contributed by atoms with E-state index in [4.69, 9.17) is 0 Å². The fourth-order valence-electron chi connectivity index (χ4n) is 3.05. The summed E-state index contributed by atoms with van der Waals surface area (Å²) in [6, 6.07) is 9.30. The van der Waals surface area contributed by atoms with Crippen LogP contribution >= 0.6 is 12.6 Å². The number of anilines is 1. The van der Waals surface area contributed by atoms with Gasteiger partial charge in [0.2, 0.25) is 5.91 Å². The molecule has 22 heavy (non-hydrogen) atoms. The Morgan fingerprint density at radius 2 is 1.95 bits per heavy atom. The highest BCUT2D eigenvalue weighted by atomic mass is 32.1. The number of hydrogen-bond donors (Lipinski definition) is 3. The summed E-state index contributed by atoms with van der Waals surface area (Å²) >= 11 is 3.94. The molecule has 0 spiro atoms. The number of fused-ring (bicyclic) bond motifs is 1. The Morgan fingerprint density at radius 3 is 2.82 bits per heavy atom. The maximum Gasteiger partial charge on any atom is 0.229 e. The molecular weight excluding hydrogens is 292 g/mol. The SMILES string of the molecule is O=C(CS)NCCCCCCCC1CCc2ccccc2N1. The van der Waals surface area contributed by atoms with Crippen LogP contribution in [0.25, 0.3) is 0 Å². The summed E-state index contributed by atoms with van der Waals surface area (Å²) in [5.41, 5.74) is 2.79. The number of aryl methyl sites for hydroxylation is 1. The number of unbranched alkanes of at least 4 members (excludes halogenated alkanes) is 4. The highest BCUT2D eigenvalue weighted by molar-refractivity contribution is 7.81. The minimum Gasteiger partial charge on any atom is -0.382 e. The van der Waals surface area contributed by atoms with Gasteiger partial charge >= 0.3 is 0 Å². The van der Waals surface area contributed by atoms with Gasteiger partial charge in [-0.05, 0) is 37.3 Å². The molecule has 1 unspecified atom stereocenters. The summed E-state index contributed by atoms with van der Waals surface area (Å²) < 4.78 is 0. The van der Waals surface area contributed by atoms with Crippen LogP contribution in [0.2, 0.25) is 0 Å². The van der Waals surface area contributed by atoms with E-state index in [1.54, 1.807) is 0 Å². The molecule has 0 fully saturated rings. The number of carbonyl (C=O) groups excluding carboxylic acids is 1. The van der Waals surface area contributed by atoms with Crippen LogP contribution in [0, 0.1) is 0 Å². The largest absolute Gasteiger partial charge is 0.382 e. The van der Waals surface area contributed by atoms with Crippen molar-refractivity contribution in [2.75, 3.05) is 17.6 Å². The second kappa shape index (κ2) is 9.78. The van der Waals surface area contributed by atoms with Crippen LogP contribution in [0.15, 0.2) is 24.3 Å². The molecule has 1 heterocycles. The van der Waals surface area contributed by atoms with Crippen molar-refractivity contribution < 1.29 is 4.79 Å². The molecule has 0 aliphatic carbocycles. The lowest BCUT2D eigenvalue weighted by Gasteiger charge is -2.27. The molecule has 1 aromatic rings. The lowest BCUT2D eigenvalue weighted by atomic mass is 9.94. The van der Waals surface area contributed by atoms with Crippen molar-refractivity contribution in [3.63, 3.8) is 0 Å². The standard InChI is InChI=1S/C18H28N2OS/c21-18(14-22)19-13-7-3-1-2-4-9-16-12-11-15-8-5-6-10-17(15)20-16/h5-6,8,10,16,20,22H,1-4,7,9,11-14H2,(H,19,21). The van der Waals surface area contributed by atoms with Crippen LogP contribution < -0.4 is 10.6 Å². The van der Waals surface area contributed by atoms with Gasteiger partial charge in [0.05, 0.1) is 5.75 Å². The second-order valence-corrected chi connectivity index (χ2v) is 6.42. The van der Waals surface area contributed by atoms with Crippen molar-refractivity contribution in [3.8, 4) is 0 Å². The molecule has 0 saturated carbocycles. The van der Waals surface area contributed by atoms with Crippen molar-refractivity contribution in [1.82, 2.24) is 5.32 Å². The number of rotatable bonds is 9. The monoisotopic (exact) mass is 320 g/mol. The summed E-state index contributed by atoms with van der Waals surface area (Å²) in [7, 11) is 0. The number of carbonyl (C=O) groups is 1. The van der Waals surface area contributed by atoms with Crippen LogP contribution in [0.3, 0.4) is 0 Å². The molecule has 0 aromatic heterocycles. The number of thiol groups is 1. The highest BCUT2D eigenvalue weighted by Crippen LogP contribution is 2.26. The zero-order chi connectivity index (χ0) is 15.6. The van der Waals surface area contributed by atoms with E-state index in [-0.39, 0.29) is 11.7 Å². The molecule has 0 bridgehead atoms. The number of nitrogens with one attached hydrogen (secondary N) is 2. The van der Waals surface area contributed by atoms with Gasteiger partial charge in [-0.2, -0.15) is 12.6 Å². The Balaban J connectivity index is 1.49. The van der Waals surface area contributed by atoms with Crippen molar-refractivity contribution in [2.45, 2.75) is 57.4 Å². The predicted molar refractivity (Wildman–Crippen MR) is 96.7 cm³/mol. The number of benzene rings is 1. The number of amides is 1. The van der Waals surface area contributed by atoms with Gasteiger partial charge in [-0.1, -0.05) is 43.9 Å². The first-order valence-corrected chi connectivity index (χ1v) is 9.15. The molecule has 122 valence electrons. The summed E-state index contributed by atoms with van der Waals surface area (Å²) in [5.74, 6) is 0.323. The van der Waals surface area contributed by atoms with E-state index in [9.17, 15) is 4.79 Å². The van der Waals surface area contributed by atoms with E-state index >= 15 is 0 Å². The minimum absolute atomic E-state index is 0.0342. The van der Waals surface area contributed by atoms with Gasteiger partial charge in [0.1, 0.15) is 0 Å². The lowest BCUT2D eigenvalue weighted by Crippen LogP contribution is -2.25. The fraction of sp³-hybridized carbons (Fsp3) is 0.611. The number of hydrogen-bond acceptors (Lipinski definition) is 3. The van der Waals surface area contributed by atoms with Crippen molar-refractivity contribution in [3.05, 3.63) is 29.8 Å². The van der Waals surface area contributed by atoms with Crippen LogP contribution in [0.4, 0.5) is 5.69 Å². The van der Waals surface area contributed by atoms with E-state index in [0.717, 1.165) is 13.0 Å². The average molecular weight is 321 g/mol. The molecule has 1 atom stereocenters. The van der Waals surface area contributed by atoms with E-state index in [0.29, 0.717) is 6.04 Å². The van der Waals surface area contributed by atoms with Gasteiger partial charge in [0.25, 0.3) is 0 Å². The average Bonchev–Trinajstić information content (AvgIpc) is 2.56. The molecule has 1 aliphatic heterocycles. The topological polar surface area (TPSA) is 41.1 Å². The molecule has 1 amide bonds. The summed E-state index contributed by atoms with van der Waals surface area (Å²) in [6.45, 7) is 0.792. The van der Waals surface area contributed by atoms with E-state index in [1.165, 1.54) is 56.2 Å². The summed E-state index contributed by atoms with van der Waals surface area (Å²) in [5, 5.41) is 6.53. The van der Waals surface area contributed by atoms with Gasteiger partial charge in [-0.3, -0.25) is 4.79 Å². The van der Waals surface area contributed by atoms with Crippen molar-refractivity contribution in [2.24, 2.45) is 0 Å². The first kappa shape index (κ1) is 17.2. The van der Waals surface area contributed by atoms with Crippen molar-refractivity contribution in [1.29, 1.82) is 0 Å². The third-order valence-corrected chi connectivity index (χ3v) is 4.62. The minimum atomic E-state index is 0.0342. The van der Waals surface area contributed by atoms with E-state index in [2.05, 4.69) is 47.5 Å².